The molecule has 0 aliphatic heterocycles. The van der Waals surface area contributed by atoms with E-state index in [1.54, 1.807) is 4.90 Å². The molecule has 0 saturated heterocycles. The normalized spacial score (nSPS) is 16.1. The molecule has 1 amide bonds. The second-order valence-corrected chi connectivity index (χ2v) is 4.53. The fraction of sp³-hybridized carbons (Fsp3) is 0.429. The highest BCUT2D eigenvalue weighted by Crippen LogP contribution is 2.47. The smallest absolute Gasteiger partial charge is 0.247 e. The third kappa shape index (κ3) is 1.91. The van der Waals surface area contributed by atoms with Crippen LogP contribution in [-0.2, 0) is 4.79 Å². The van der Waals surface area contributed by atoms with Gasteiger partial charge in [0.15, 0.2) is 0 Å². The Balaban J connectivity index is 2.33. The van der Waals surface area contributed by atoms with E-state index in [1.165, 1.54) is 0 Å². The minimum atomic E-state index is -0.738. The van der Waals surface area contributed by atoms with E-state index in [2.05, 4.69) is 6.07 Å². The summed E-state index contributed by atoms with van der Waals surface area (Å²) >= 11 is 0. The molecule has 0 radical (unpaired) electrons. The predicted molar refractivity (Wildman–Crippen MR) is 66.5 cm³/mol. The van der Waals surface area contributed by atoms with Crippen molar-refractivity contribution in [2.24, 2.45) is 5.41 Å². The van der Waals surface area contributed by atoms with Gasteiger partial charge >= 0.3 is 0 Å². The summed E-state index contributed by atoms with van der Waals surface area (Å²) in [6.45, 7) is 4.53. The van der Waals surface area contributed by atoms with Crippen LogP contribution in [0.25, 0.3) is 0 Å². The molecule has 88 valence electrons. The Bertz CT molecular complexity index is 483. The molecule has 1 aromatic carbocycles. The highest BCUT2D eigenvalue weighted by Gasteiger charge is 2.52. The molecule has 3 nitrogen and oxygen atoms in total. The standard InChI is InChI=1S/C14H16N2O/c1-3-16(12-7-5-4-6-11(12)2)13(17)14(10-15)8-9-14/h4-7H,3,8-9H2,1-2H3. The molecule has 0 spiro atoms. The number of benzene rings is 1. The van der Waals surface area contributed by atoms with Crippen LogP contribution >= 0.6 is 0 Å². The minimum Gasteiger partial charge on any atom is -0.311 e. The van der Waals surface area contributed by atoms with E-state index >= 15 is 0 Å². The van der Waals surface area contributed by atoms with Crippen LogP contribution < -0.4 is 4.90 Å². The highest BCUT2D eigenvalue weighted by molar-refractivity contribution is 6.01. The molecule has 1 aliphatic rings. The lowest BCUT2D eigenvalue weighted by Crippen LogP contribution is -2.37. The number of nitrogens with zero attached hydrogens (tertiary/aromatic N) is 2. The fourth-order valence-electron chi connectivity index (χ4n) is 2.05. The van der Waals surface area contributed by atoms with E-state index in [0.717, 1.165) is 11.3 Å². The molecule has 17 heavy (non-hydrogen) atoms. The predicted octanol–water partition coefficient (Wildman–Crippen LogP) is 2.65. The summed E-state index contributed by atoms with van der Waals surface area (Å²) in [5.41, 5.74) is 1.25. The quantitative estimate of drug-likeness (QED) is 0.798. The Labute approximate surface area is 102 Å². The van der Waals surface area contributed by atoms with Crippen LogP contribution in [0.5, 0.6) is 0 Å². The molecular weight excluding hydrogens is 212 g/mol. The van der Waals surface area contributed by atoms with Crippen LogP contribution in [0.4, 0.5) is 5.69 Å². The number of para-hydroxylation sites is 1. The summed E-state index contributed by atoms with van der Waals surface area (Å²) in [7, 11) is 0. The first kappa shape index (κ1) is 11.7. The lowest BCUT2D eigenvalue weighted by atomic mass is 10.1. The molecule has 1 saturated carbocycles. The number of anilines is 1. The van der Waals surface area contributed by atoms with E-state index in [1.807, 2.05) is 38.1 Å². The number of aryl methyl sites for hydroxylation is 1. The van der Waals surface area contributed by atoms with Gasteiger partial charge < -0.3 is 4.90 Å². The van der Waals surface area contributed by atoms with Crippen molar-refractivity contribution in [2.45, 2.75) is 26.7 Å². The van der Waals surface area contributed by atoms with Gasteiger partial charge in [0, 0.05) is 12.2 Å². The lowest BCUT2D eigenvalue weighted by Gasteiger charge is -2.24. The zero-order valence-electron chi connectivity index (χ0n) is 10.2. The summed E-state index contributed by atoms with van der Waals surface area (Å²) in [5.74, 6) is -0.0446. The summed E-state index contributed by atoms with van der Waals surface area (Å²) in [5, 5.41) is 9.09. The topological polar surface area (TPSA) is 44.1 Å². The average molecular weight is 228 g/mol. The van der Waals surface area contributed by atoms with Gasteiger partial charge in [-0.3, -0.25) is 4.79 Å². The van der Waals surface area contributed by atoms with Crippen LogP contribution in [0.15, 0.2) is 24.3 Å². The molecule has 0 unspecified atom stereocenters. The Kier molecular flexibility index (Phi) is 2.89. The first-order chi connectivity index (χ1) is 8.14. The summed E-state index contributed by atoms with van der Waals surface area (Å²) in [6, 6.07) is 9.96. The Hall–Kier alpha value is -1.82. The Morgan fingerprint density at radius 1 is 1.47 bits per heavy atom. The second-order valence-electron chi connectivity index (χ2n) is 4.53. The van der Waals surface area contributed by atoms with Gasteiger partial charge in [0.05, 0.1) is 6.07 Å². The van der Waals surface area contributed by atoms with Crippen LogP contribution in [0.1, 0.15) is 25.3 Å². The minimum absolute atomic E-state index is 0.0446. The summed E-state index contributed by atoms with van der Waals surface area (Å²) in [6.07, 6.45) is 1.40. The van der Waals surface area contributed by atoms with Crippen LogP contribution in [0.3, 0.4) is 0 Å². The molecule has 0 N–H and O–H groups in total. The van der Waals surface area contributed by atoms with E-state index in [0.29, 0.717) is 19.4 Å². The van der Waals surface area contributed by atoms with Gasteiger partial charge in [-0.05, 0) is 38.3 Å². The highest BCUT2D eigenvalue weighted by atomic mass is 16.2. The van der Waals surface area contributed by atoms with E-state index in [9.17, 15) is 4.79 Å². The number of rotatable bonds is 3. The molecule has 0 atom stereocenters. The van der Waals surface area contributed by atoms with Crippen molar-refractivity contribution in [1.82, 2.24) is 0 Å². The second kappa shape index (κ2) is 4.21. The average Bonchev–Trinajstić information content (AvgIpc) is 3.13. The van der Waals surface area contributed by atoms with Gasteiger partial charge in [0.25, 0.3) is 0 Å². The van der Waals surface area contributed by atoms with Crippen molar-refractivity contribution >= 4 is 11.6 Å². The molecule has 0 bridgehead atoms. The molecular formula is C14H16N2O. The van der Waals surface area contributed by atoms with Gasteiger partial charge in [0.1, 0.15) is 5.41 Å². The maximum absolute atomic E-state index is 12.3. The monoisotopic (exact) mass is 228 g/mol. The SMILES string of the molecule is CCN(C(=O)C1(C#N)CC1)c1ccccc1C. The molecule has 3 heteroatoms. The maximum Gasteiger partial charge on any atom is 0.247 e. The van der Waals surface area contributed by atoms with Crippen molar-refractivity contribution in [3.05, 3.63) is 29.8 Å². The van der Waals surface area contributed by atoms with Crippen LogP contribution in [0.2, 0.25) is 0 Å². The molecule has 1 aliphatic carbocycles. The molecule has 2 rings (SSSR count). The third-order valence-corrected chi connectivity index (χ3v) is 3.34. The van der Waals surface area contributed by atoms with Gasteiger partial charge in [-0.2, -0.15) is 5.26 Å². The number of amides is 1. The van der Waals surface area contributed by atoms with Crippen molar-refractivity contribution in [1.29, 1.82) is 5.26 Å². The molecule has 1 aromatic rings. The number of carbonyl (C=O) groups excluding carboxylic acids is 1. The molecule has 0 heterocycles. The van der Waals surface area contributed by atoms with E-state index < -0.39 is 5.41 Å². The summed E-state index contributed by atoms with van der Waals surface area (Å²) in [4.78, 5) is 14.1. The van der Waals surface area contributed by atoms with Crippen molar-refractivity contribution in [3.63, 3.8) is 0 Å². The maximum atomic E-state index is 12.3. The zero-order chi connectivity index (χ0) is 12.5. The Morgan fingerprint density at radius 2 is 2.12 bits per heavy atom. The first-order valence-electron chi connectivity index (χ1n) is 5.93. The Morgan fingerprint density at radius 3 is 2.59 bits per heavy atom. The number of hydrogen-bond donors (Lipinski definition) is 0. The van der Waals surface area contributed by atoms with Crippen molar-refractivity contribution < 1.29 is 4.79 Å². The largest absolute Gasteiger partial charge is 0.311 e. The number of hydrogen-bond acceptors (Lipinski definition) is 2. The zero-order valence-corrected chi connectivity index (χ0v) is 10.2. The van der Waals surface area contributed by atoms with Crippen LogP contribution in [0, 0.1) is 23.7 Å². The number of nitriles is 1. The van der Waals surface area contributed by atoms with Crippen molar-refractivity contribution in [3.8, 4) is 6.07 Å². The molecule has 1 fully saturated rings. The van der Waals surface area contributed by atoms with Crippen molar-refractivity contribution in [2.75, 3.05) is 11.4 Å². The number of carbonyl (C=O) groups is 1. The van der Waals surface area contributed by atoms with Gasteiger partial charge in [-0.1, -0.05) is 18.2 Å². The van der Waals surface area contributed by atoms with Gasteiger partial charge in [-0.15, -0.1) is 0 Å². The summed E-state index contributed by atoms with van der Waals surface area (Å²) < 4.78 is 0. The lowest BCUT2D eigenvalue weighted by molar-refractivity contribution is -0.121. The van der Waals surface area contributed by atoms with Gasteiger partial charge in [0.2, 0.25) is 5.91 Å². The van der Waals surface area contributed by atoms with Gasteiger partial charge in [-0.25, -0.2) is 0 Å². The van der Waals surface area contributed by atoms with E-state index in [-0.39, 0.29) is 5.91 Å². The van der Waals surface area contributed by atoms with E-state index in [4.69, 9.17) is 5.26 Å². The first-order valence-corrected chi connectivity index (χ1v) is 5.93. The fourth-order valence-corrected chi connectivity index (χ4v) is 2.05. The van der Waals surface area contributed by atoms with Crippen LogP contribution in [-0.4, -0.2) is 12.5 Å². The molecule has 0 aromatic heterocycles. The third-order valence-electron chi connectivity index (χ3n) is 3.34.